The molecule has 36 heavy (non-hydrogen) atoms. The average molecular weight is 497 g/mol. The van der Waals surface area contributed by atoms with Gasteiger partial charge >= 0.3 is 6.18 Å². The quantitative estimate of drug-likeness (QED) is 0.371. The Kier molecular flexibility index (Phi) is 5.27. The monoisotopic (exact) mass is 497 g/mol. The molecule has 1 amide bonds. The van der Waals surface area contributed by atoms with E-state index < -0.39 is 24.2 Å². The van der Waals surface area contributed by atoms with Gasteiger partial charge in [0.15, 0.2) is 23.2 Å². The number of alkyl halides is 3. The molecule has 0 radical (unpaired) electrons. The lowest BCUT2D eigenvalue weighted by Crippen LogP contribution is -2.35. The molecule has 2 aromatic carbocycles. The first-order valence-electron chi connectivity index (χ1n) is 11.5. The van der Waals surface area contributed by atoms with E-state index in [-0.39, 0.29) is 24.7 Å². The zero-order valence-corrected chi connectivity index (χ0v) is 18.9. The van der Waals surface area contributed by atoms with E-state index in [1.807, 2.05) is 30.5 Å². The van der Waals surface area contributed by atoms with Crippen LogP contribution in [0.25, 0.3) is 10.9 Å². The molecule has 2 aromatic heterocycles. The number of benzene rings is 2. The summed E-state index contributed by atoms with van der Waals surface area (Å²) in [4.78, 5) is 15.9. The van der Waals surface area contributed by atoms with Gasteiger partial charge in [-0.1, -0.05) is 24.3 Å². The normalized spacial score (nSPS) is 18.6. The van der Waals surface area contributed by atoms with Crippen molar-refractivity contribution in [2.45, 2.75) is 31.1 Å². The lowest BCUT2D eigenvalue weighted by molar-refractivity contribution is -0.173. The highest BCUT2D eigenvalue weighted by molar-refractivity contribution is 5.93. The predicted molar refractivity (Wildman–Crippen MR) is 125 cm³/mol. The number of hydrogen-bond donors (Lipinski definition) is 3. The van der Waals surface area contributed by atoms with Crippen molar-refractivity contribution >= 4 is 22.6 Å². The molecule has 3 N–H and O–H groups in total. The van der Waals surface area contributed by atoms with Crippen LogP contribution in [0.15, 0.2) is 54.7 Å². The van der Waals surface area contributed by atoms with E-state index in [9.17, 15) is 18.0 Å². The highest BCUT2D eigenvalue weighted by atomic mass is 19.4. The van der Waals surface area contributed by atoms with E-state index in [0.29, 0.717) is 30.0 Å². The minimum Gasteiger partial charge on any atom is -0.454 e. The molecule has 2 atom stereocenters. The molecule has 0 spiro atoms. The Morgan fingerprint density at radius 2 is 1.97 bits per heavy atom. The first-order valence-corrected chi connectivity index (χ1v) is 11.5. The van der Waals surface area contributed by atoms with E-state index >= 15 is 0 Å². The number of nitrogens with zero attached hydrogens (tertiary/aromatic N) is 2. The van der Waals surface area contributed by atoms with Gasteiger partial charge in [0.05, 0.1) is 6.04 Å². The highest BCUT2D eigenvalue weighted by Gasteiger charge is 2.47. The summed E-state index contributed by atoms with van der Waals surface area (Å²) in [6.07, 6.45) is -2.36. The van der Waals surface area contributed by atoms with Gasteiger partial charge in [0, 0.05) is 36.1 Å². The van der Waals surface area contributed by atoms with Crippen molar-refractivity contribution in [2.24, 2.45) is 0 Å². The number of aromatic amines is 1. The van der Waals surface area contributed by atoms with Crippen LogP contribution in [-0.4, -0.2) is 40.2 Å². The van der Waals surface area contributed by atoms with E-state index in [1.165, 1.54) is 6.07 Å². The van der Waals surface area contributed by atoms with Crippen LogP contribution in [-0.2, 0) is 6.42 Å². The molecule has 4 aromatic rings. The molecule has 186 valence electrons. The number of aromatic nitrogens is 3. The number of carbonyl (C=O) groups is 1. The first kappa shape index (κ1) is 22.3. The molecule has 0 saturated heterocycles. The molecule has 11 heteroatoms. The summed E-state index contributed by atoms with van der Waals surface area (Å²) < 4.78 is 53.5. The third-order valence-electron chi connectivity index (χ3n) is 6.58. The summed E-state index contributed by atoms with van der Waals surface area (Å²) in [5.41, 5.74) is 2.60. The Bertz CT molecular complexity index is 1440. The van der Waals surface area contributed by atoms with Crippen molar-refractivity contribution in [3.63, 3.8) is 0 Å². The molecule has 2 unspecified atom stereocenters. The SMILES string of the molecule is O=C(NCCc1c[nH]c2ccccc12)c1cc2n(n1)C(C(F)(F)F)CC(c1ccc3c(c1)OCO3)N2. The Morgan fingerprint density at radius 3 is 2.83 bits per heavy atom. The summed E-state index contributed by atoms with van der Waals surface area (Å²) in [5.74, 6) is 0.651. The van der Waals surface area contributed by atoms with Crippen molar-refractivity contribution in [2.75, 3.05) is 18.7 Å². The molecular weight excluding hydrogens is 475 g/mol. The molecule has 2 aliphatic heterocycles. The first-order chi connectivity index (χ1) is 17.4. The maximum atomic E-state index is 14.0. The fourth-order valence-corrected chi connectivity index (χ4v) is 4.77. The molecule has 0 bridgehead atoms. The number of halogens is 3. The van der Waals surface area contributed by atoms with Gasteiger partial charge in [-0.15, -0.1) is 0 Å². The molecule has 2 aliphatic rings. The molecule has 0 saturated carbocycles. The predicted octanol–water partition coefficient (Wildman–Crippen LogP) is 4.73. The van der Waals surface area contributed by atoms with Crippen molar-refractivity contribution in [1.29, 1.82) is 0 Å². The number of rotatable bonds is 5. The minimum atomic E-state index is -4.54. The van der Waals surface area contributed by atoms with Gasteiger partial charge in [-0.3, -0.25) is 4.79 Å². The zero-order valence-electron chi connectivity index (χ0n) is 18.9. The Balaban J connectivity index is 1.19. The van der Waals surface area contributed by atoms with Gasteiger partial charge in [0.1, 0.15) is 5.82 Å². The van der Waals surface area contributed by atoms with Crippen LogP contribution in [0.5, 0.6) is 11.5 Å². The third-order valence-corrected chi connectivity index (χ3v) is 6.58. The fourth-order valence-electron chi connectivity index (χ4n) is 4.77. The topological polar surface area (TPSA) is 93.2 Å². The van der Waals surface area contributed by atoms with Crippen LogP contribution in [0, 0.1) is 0 Å². The summed E-state index contributed by atoms with van der Waals surface area (Å²) >= 11 is 0. The average Bonchev–Trinajstić information content (AvgIpc) is 3.60. The fraction of sp³-hybridized carbons (Fsp3) is 0.280. The summed E-state index contributed by atoms with van der Waals surface area (Å²) in [6, 6.07) is 11.7. The minimum absolute atomic E-state index is 0.0722. The van der Waals surface area contributed by atoms with Crippen LogP contribution in [0.2, 0.25) is 0 Å². The summed E-state index contributed by atoms with van der Waals surface area (Å²) in [6.45, 7) is 0.395. The maximum Gasteiger partial charge on any atom is 0.410 e. The number of hydrogen-bond acceptors (Lipinski definition) is 5. The third kappa shape index (κ3) is 4.00. The van der Waals surface area contributed by atoms with Gasteiger partial charge in [-0.2, -0.15) is 18.3 Å². The number of amides is 1. The van der Waals surface area contributed by atoms with Gasteiger partial charge in [0.25, 0.3) is 5.91 Å². The van der Waals surface area contributed by atoms with E-state index in [0.717, 1.165) is 21.1 Å². The van der Waals surface area contributed by atoms with E-state index in [1.54, 1.807) is 18.2 Å². The Hall–Kier alpha value is -4.15. The van der Waals surface area contributed by atoms with Gasteiger partial charge in [-0.05, 0) is 35.7 Å². The second-order valence-corrected chi connectivity index (χ2v) is 8.83. The number of nitrogens with one attached hydrogen (secondary N) is 3. The van der Waals surface area contributed by atoms with Gasteiger partial charge < -0.3 is 25.1 Å². The van der Waals surface area contributed by atoms with Crippen molar-refractivity contribution in [1.82, 2.24) is 20.1 Å². The van der Waals surface area contributed by atoms with Crippen LogP contribution in [0.4, 0.5) is 19.0 Å². The van der Waals surface area contributed by atoms with Gasteiger partial charge in [0.2, 0.25) is 6.79 Å². The van der Waals surface area contributed by atoms with Crippen LogP contribution in [0.3, 0.4) is 0 Å². The zero-order chi connectivity index (χ0) is 24.9. The summed E-state index contributed by atoms with van der Waals surface area (Å²) in [7, 11) is 0. The molecular formula is C25H22F3N5O3. The molecule has 0 fully saturated rings. The second-order valence-electron chi connectivity index (χ2n) is 8.83. The number of carbonyl (C=O) groups excluding carboxylic acids is 1. The molecule has 8 nitrogen and oxygen atoms in total. The summed E-state index contributed by atoms with van der Waals surface area (Å²) in [5, 5.41) is 11.0. The number of para-hydroxylation sites is 1. The van der Waals surface area contributed by atoms with Gasteiger partial charge in [-0.25, -0.2) is 4.68 Å². The largest absolute Gasteiger partial charge is 0.454 e. The van der Waals surface area contributed by atoms with E-state index in [2.05, 4.69) is 20.7 Å². The van der Waals surface area contributed by atoms with Crippen molar-refractivity contribution in [3.05, 3.63) is 71.5 Å². The number of ether oxygens (including phenoxy) is 2. The van der Waals surface area contributed by atoms with Crippen LogP contribution < -0.4 is 20.1 Å². The standard InChI is InChI=1S/C25H22F3N5O3/c26-25(27,28)22-10-18(14-5-6-20-21(9-14)36-13-35-20)31-23-11-19(32-33(22)23)24(34)29-8-7-15-12-30-17-4-2-1-3-16(15)17/h1-6,9,11-12,18,22,30-31H,7-8,10,13H2,(H,29,34). The Morgan fingerprint density at radius 1 is 1.14 bits per heavy atom. The lowest BCUT2D eigenvalue weighted by Gasteiger charge is -2.33. The molecule has 4 heterocycles. The molecule has 6 rings (SSSR count). The van der Waals surface area contributed by atoms with Crippen molar-refractivity contribution < 1.29 is 27.4 Å². The smallest absolute Gasteiger partial charge is 0.410 e. The Labute approximate surface area is 203 Å². The maximum absolute atomic E-state index is 14.0. The van der Waals surface area contributed by atoms with Crippen LogP contribution in [0.1, 0.15) is 40.1 Å². The second kappa shape index (κ2) is 8.51. The van der Waals surface area contributed by atoms with Crippen molar-refractivity contribution in [3.8, 4) is 11.5 Å². The number of anilines is 1. The number of H-pyrrole nitrogens is 1. The number of fused-ring (bicyclic) bond motifs is 3. The lowest BCUT2D eigenvalue weighted by atomic mass is 9.96. The molecule has 0 aliphatic carbocycles. The van der Waals surface area contributed by atoms with Crippen LogP contribution >= 0.6 is 0 Å². The van der Waals surface area contributed by atoms with E-state index in [4.69, 9.17) is 9.47 Å². The highest BCUT2D eigenvalue weighted by Crippen LogP contribution is 2.45.